The van der Waals surface area contributed by atoms with Crippen LogP contribution in [-0.2, 0) is 32.7 Å². The largest absolute Gasteiger partial charge is 0.472 e. The SMILES string of the molecule is CCCCC/C=C\C/C=C\C/C=C\C/C=C\CCCCCC(=O)OC[C@H](COP(=O)(O)OC1C(O)C(O)C(O)[C@@H](O)C1O)OC(=O)CCCCCCCCCCC. The topological polar surface area (TPSA) is 210 Å². The lowest BCUT2D eigenvalue weighted by Gasteiger charge is -2.41. The zero-order valence-corrected chi connectivity index (χ0v) is 35.5. The molecule has 1 saturated carbocycles. The summed E-state index contributed by atoms with van der Waals surface area (Å²) in [6.07, 6.45) is 24.7. The molecule has 57 heavy (non-hydrogen) atoms. The summed E-state index contributed by atoms with van der Waals surface area (Å²) in [4.78, 5) is 35.5. The number of phosphoric acid groups is 1. The van der Waals surface area contributed by atoms with E-state index in [1.54, 1.807) is 0 Å². The van der Waals surface area contributed by atoms with Crippen molar-refractivity contribution in [2.24, 2.45) is 0 Å². The van der Waals surface area contributed by atoms with E-state index in [9.17, 15) is 44.6 Å². The summed E-state index contributed by atoms with van der Waals surface area (Å²) in [6.45, 7) is 3.19. The van der Waals surface area contributed by atoms with Crippen LogP contribution in [-0.4, -0.2) is 98.3 Å². The highest BCUT2D eigenvalue weighted by Gasteiger charge is 2.51. The number of hydrogen-bond donors (Lipinski definition) is 6. The summed E-state index contributed by atoms with van der Waals surface area (Å²) < 4.78 is 33.3. The Bertz CT molecular complexity index is 1190. The minimum absolute atomic E-state index is 0.0889. The molecule has 0 saturated heterocycles. The fraction of sp³-hybridized carbons (Fsp3) is 0.767. The summed E-state index contributed by atoms with van der Waals surface area (Å²) in [6, 6.07) is 0. The highest BCUT2D eigenvalue weighted by Crippen LogP contribution is 2.47. The van der Waals surface area contributed by atoms with Gasteiger partial charge in [0.1, 0.15) is 43.2 Å². The molecular weight excluding hydrogens is 755 g/mol. The second-order valence-electron chi connectivity index (χ2n) is 14.8. The Hall–Kier alpha value is -2.19. The first-order valence-electron chi connectivity index (χ1n) is 21.4. The van der Waals surface area contributed by atoms with Crippen LogP contribution in [0.25, 0.3) is 0 Å². The van der Waals surface area contributed by atoms with Crippen LogP contribution in [0, 0.1) is 0 Å². The highest BCUT2D eigenvalue weighted by atomic mass is 31.2. The van der Waals surface area contributed by atoms with Crippen LogP contribution in [0.5, 0.6) is 0 Å². The Labute approximate surface area is 341 Å². The molecule has 0 amide bonds. The molecule has 0 heterocycles. The Morgan fingerprint density at radius 3 is 1.47 bits per heavy atom. The van der Waals surface area contributed by atoms with Gasteiger partial charge in [-0.1, -0.05) is 133 Å². The van der Waals surface area contributed by atoms with Crippen molar-refractivity contribution in [2.75, 3.05) is 13.2 Å². The van der Waals surface area contributed by atoms with E-state index in [1.807, 2.05) is 0 Å². The average Bonchev–Trinajstić information content (AvgIpc) is 3.19. The van der Waals surface area contributed by atoms with E-state index < -0.39 is 75.7 Å². The zero-order valence-electron chi connectivity index (χ0n) is 34.6. The number of aliphatic hydroxyl groups is 5. The molecule has 0 radical (unpaired) electrons. The second-order valence-corrected chi connectivity index (χ2v) is 16.3. The lowest BCUT2D eigenvalue weighted by molar-refractivity contribution is -0.220. The fourth-order valence-electron chi connectivity index (χ4n) is 6.15. The van der Waals surface area contributed by atoms with Crippen molar-refractivity contribution in [1.29, 1.82) is 0 Å². The Balaban J connectivity index is 2.48. The number of carbonyl (C=O) groups excluding carboxylic acids is 2. The minimum atomic E-state index is -5.12. The molecule has 13 nitrogen and oxygen atoms in total. The predicted molar refractivity (Wildman–Crippen MR) is 221 cm³/mol. The number of hydrogen-bond acceptors (Lipinski definition) is 12. The molecule has 0 bridgehead atoms. The predicted octanol–water partition coefficient (Wildman–Crippen LogP) is 7.61. The van der Waals surface area contributed by atoms with E-state index in [4.69, 9.17) is 18.5 Å². The molecule has 0 aromatic heterocycles. The van der Waals surface area contributed by atoms with Crippen molar-refractivity contribution in [3.63, 3.8) is 0 Å². The summed E-state index contributed by atoms with van der Waals surface area (Å²) >= 11 is 0. The van der Waals surface area contributed by atoms with E-state index in [0.717, 1.165) is 70.6 Å². The van der Waals surface area contributed by atoms with Crippen molar-refractivity contribution in [3.05, 3.63) is 48.6 Å². The first kappa shape index (κ1) is 52.8. The standard InChI is InChI=1S/C43H75O13P/c1-3-5-7-9-11-13-14-15-16-17-18-19-20-21-22-24-25-27-29-31-36(44)53-33-35(55-37(45)32-30-28-26-23-12-10-8-6-4-2)34-54-57(51,52)56-43-41(49)39(47)38(46)40(48)42(43)50/h11,13,15-16,18-19,21-22,35,38-43,46-50H,3-10,12,14,17,20,23-34H2,1-2H3,(H,51,52)/b13-11-,16-15-,19-18-,22-21-/t35-,38?,39-,40?,41?,42?,43?/m1/s1. The van der Waals surface area contributed by atoms with Crippen molar-refractivity contribution >= 4 is 19.8 Å². The molecule has 1 aliphatic carbocycles. The van der Waals surface area contributed by atoms with Gasteiger partial charge in [0.15, 0.2) is 6.10 Å². The monoisotopic (exact) mass is 830 g/mol. The first-order chi connectivity index (χ1) is 27.4. The molecule has 0 aromatic carbocycles. The molecule has 6 N–H and O–H groups in total. The number of phosphoric ester groups is 1. The molecule has 14 heteroatoms. The molecule has 330 valence electrons. The first-order valence-corrected chi connectivity index (χ1v) is 22.9. The van der Waals surface area contributed by atoms with E-state index >= 15 is 0 Å². The molecule has 0 spiro atoms. The smallest absolute Gasteiger partial charge is 0.462 e. The van der Waals surface area contributed by atoms with Crippen LogP contribution in [0.3, 0.4) is 0 Å². The molecule has 1 fully saturated rings. The van der Waals surface area contributed by atoms with Gasteiger partial charge in [0.25, 0.3) is 0 Å². The summed E-state index contributed by atoms with van der Waals surface area (Å²) in [5.41, 5.74) is 0. The second kappa shape index (κ2) is 33.6. The number of aliphatic hydroxyl groups excluding tert-OH is 5. The Kier molecular flexibility index (Phi) is 31.2. The minimum Gasteiger partial charge on any atom is -0.462 e. The molecule has 0 aromatic rings. The van der Waals surface area contributed by atoms with Crippen LogP contribution in [0.1, 0.15) is 155 Å². The molecule has 6 unspecified atom stereocenters. The van der Waals surface area contributed by atoms with Gasteiger partial charge in [0.2, 0.25) is 0 Å². The Morgan fingerprint density at radius 1 is 0.544 bits per heavy atom. The highest BCUT2D eigenvalue weighted by molar-refractivity contribution is 7.47. The van der Waals surface area contributed by atoms with Gasteiger partial charge < -0.3 is 39.9 Å². The average molecular weight is 831 g/mol. The number of rotatable bonds is 34. The molecule has 0 aliphatic heterocycles. The third-order valence-electron chi connectivity index (χ3n) is 9.67. The summed E-state index contributed by atoms with van der Waals surface area (Å²) in [7, 11) is -5.12. The number of carbonyl (C=O) groups is 2. The van der Waals surface area contributed by atoms with Gasteiger partial charge >= 0.3 is 19.8 Å². The lowest BCUT2D eigenvalue weighted by atomic mass is 9.85. The van der Waals surface area contributed by atoms with Crippen molar-refractivity contribution in [3.8, 4) is 0 Å². The van der Waals surface area contributed by atoms with E-state index in [2.05, 4.69) is 62.5 Å². The molecule has 1 aliphatic rings. The van der Waals surface area contributed by atoms with Gasteiger partial charge in [-0.3, -0.25) is 18.6 Å². The van der Waals surface area contributed by atoms with Crippen molar-refractivity contribution < 1.29 is 63.1 Å². The maximum absolute atomic E-state index is 12.8. The van der Waals surface area contributed by atoms with Gasteiger partial charge in [0.05, 0.1) is 6.61 Å². The van der Waals surface area contributed by atoms with Gasteiger partial charge in [-0.25, -0.2) is 4.57 Å². The van der Waals surface area contributed by atoms with Crippen LogP contribution >= 0.6 is 7.82 Å². The third kappa shape index (κ3) is 26.5. The quantitative estimate of drug-likeness (QED) is 0.0160. The van der Waals surface area contributed by atoms with Crippen LogP contribution in [0.4, 0.5) is 0 Å². The summed E-state index contributed by atoms with van der Waals surface area (Å²) in [5.74, 6) is -1.14. The zero-order chi connectivity index (χ0) is 42.2. The number of allylic oxidation sites excluding steroid dienone is 8. The van der Waals surface area contributed by atoms with Crippen molar-refractivity contribution in [2.45, 2.75) is 198 Å². The maximum Gasteiger partial charge on any atom is 0.472 e. The number of unbranched alkanes of at least 4 members (excludes halogenated alkanes) is 14. The van der Waals surface area contributed by atoms with Gasteiger partial charge in [-0.15, -0.1) is 0 Å². The van der Waals surface area contributed by atoms with Crippen LogP contribution in [0.2, 0.25) is 0 Å². The van der Waals surface area contributed by atoms with Gasteiger partial charge in [-0.05, 0) is 57.8 Å². The number of esters is 2. The van der Waals surface area contributed by atoms with Crippen LogP contribution in [0.15, 0.2) is 48.6 Å². The van der Waals surface area contributed by atoms with E-state index in [0.29, 0.717) is 12.8 Å². The normalized spacial score (nSPS) is 23.2. The fourth-order valence-corrected chi connectivity index (χ4v) is 7.12. The summed E-state index contributed by atoms with van der Waals surface area (Å²) in [5, 5.41) is 50.0. The lowest BCUT2D eigenvalue weighted by Crippen LogP contribution is -2.64. The maximum atomic E-state index is 12.8. The molecular formula is C43H75O13P. The van der Waals surface area contributed by atoms with Gasteiger partial charge in [0, 0.05) is 12.8 Å². The van der Waals surface area contributed by atoms with E-state index in [1.165, 1.54) is 44.9 Å². The molecule has 8 atom stereocenters. The van der Waals surface area contributed by atoms with E-state index in [-0.39, 0.29) is 12.8 Å². The number of ether oxygens (including phenoxy) is 2. The third-order valence-corrected chi connectivity index (χ3v) is 10.7. The van der Waals surface area contributed by atoms with Crippen LogP contribution < -0.4 is 0 Å². The van der Waals surface area contributed by atoms with Crippen molar-refractivity contribution in [1.82, 2.24) is 0 Å². The Morgan fingerprint density at radius 2 is 0.947 bits per heavy atom. The van der Waals surface area contributed by atoms with Gasteiger partial charge in [-0.2, -0.15) is 0 Å². The molecule has 1 rings (SSSR count).